The molecule has 1 aromatic carbocycles. The number of rotatable bonds is 3. The number of aromatic amines is 1. The summed E-state index contributed by atoms with van der Waals surface area (Å²) in [6, 6.07) is 6.67. The van der Waals surface area contributed by atoms with Crippen molar-refractivity contribution in [3.05, 3.63) is 59.4 Å². The van der Waals surface area contributed by atoms with E-state index in [-0.39, 0.29) is 0 Å². The summed E-state index contributed by atoms with van der Waals surface area (Å²) in [6.07, 6.45) is -0.714. The number of benzene rings is 1. The van der Waals surface area contributed by atoms with Crippen LogP contribution >= 0.6 is 0 Å². The number of pyridine rings is 1. The number of hydrogen-bond donors (Lipinski definition) is 2. The highest BCUT2D eigenvalue weighted by atomic mass is 19.4. The molecular weight excluding hydrogens is 347 g/mol. The van der Waals surface area contributed by atoms with Crippen LogP contribution in [0.3, 0.4) is 0 Å². The molecule has 0 saturated heterocycles. The third kappa shape index (κ3) is 2.96. The van der Waals surface area contributed by atoms with Gasteiger partial charge in [0.1, 0.15) is 11.3 Å². The number of nitrogens with two attached hydrogens (primary N) is 1. The Labute approximate surface area is 144 Å². The predicted octanol–water partition coefficient (Wildman–Crippen LogP) is 2.73. The number of nitrogen functional groups attached to an aromatic ring is 1. The Morgan fingerprint density at radius 3 is 2.85 bits per heavy atom. The predicted molar refractivity (Wildman–Crippen MR) is 87.5 cm³/mol. The Balaban J connectivity index is 1.65. The Morgan fingerprint density at radius 1 is 1.19 bits per heavy atom. The van der Waals surface area contributed by atoms with E-state index in [0.717, 1.165) is 23.3 Å². The number of alkyl halides is 3. The number of nitrogens with zero attached hydrogens (tertiary/aromatic N) is 5. The molecule has 0 aliphatic rings. The van der Waals surface area contributed by atoms with Crippen LogP contribution in [0.25, 0.3) is 16.9 Å². The molecule has 3 N–H and O–H groups in total. The van der Waals surface area contributed by atoms with Crippen LogP contribution in [-0.2, 0) is 12.6 Å². The van der Waals surface area contributed by atoms with Gasteiger partial charge in [-0.25, -0.2) is 14.8 Å². The standard InChI is InChI=1S/C16H12F3N7/c17-16(18,19)11-2-1-3-12(6-11)26-8-9(7-21-26)4-10-5-13(20)22-15-14(10)23-25-24-15/h1-3,5-8H,4H2,(H3,20,22,23,24,25). The average Bonchev–Trinajstić information content (AvgIpc) is 3.23. The first-order chi connectivity index (χ1) is 12.4. The van der Waals surface area contributed by atoms with Gasteiger partial charge in [0, 0.05) is 12.6 Å². The lowest BCUT2D eigenvalue weighted by molar-refractivity contribution is -0.137. The van der Waals surface area contributed by atoms with E-state index in [1.165, 1.54) is 10.7 Å². The van der Waals surface area contributed by atoms with Crippen LogP contribution in [0.15, 0.2) is 42.7 Å². The zero-order chi connectivity index (χ0) is 18.3. The second-order valence-corrected chi connectivity index (χ2v) is 5.73. The van der Waals surface area contributed by atoms with Crippen LogP contribution in [0, 0.1) is 0 Å². The molecule has 0 saturated carbocycles. The molecule has 0 aliphatic carbocycles. The number of H-pyrrole nitrogens is 1. The van der Waals surface area contributed by atoms with Gasteiger partial charge in [-0.1, -0.05) is 11.3 Å². The van der Waals surface area contributed by atoms with Gasteiger partial charge < -0.3 is 5.73 Å². The van der Waals surface area contributed by atoms with Gasteiger partial charge >= 0.3 is 6.18 Å². The van der Waals surface area contributed by atoms with Gasteiger partial charge in [-0.3, -0.25) is 0 Å². The van der Waals surface area contributed by atoms with Crippen molar-refractivity contribution in [2.75, 3.05) is 5.73 Å². The monoisotopic (exact) mass is 359 g/mol. The minimum Gasteiger partial charge on any atom is -0.384 e. The first-order valence-electron chi connectivity index (χ1n) is 7.57. The summed E-state index contributed by atoms with van der Waals surface area (Å²) in [5.41, 5.74) is 8.03. The highest BCUT2D eigenvalue weighted by Gasteiger charge is 2.30. The lowest BCUT2D eigenvalue weighted by Gasteiger charge is -2.08. The maximum atomic E-state index is 12.9. The number of hydrogen-bond acceptors (Lipinski definition) is 5. The highest BCUT2D eigenvalue weighted by Crippen LogP contribution is 2.30. The van der Waals surface area contributed by atoms with Gasteiger partial charge in [0.05, 0.1) is 17.4 Å². The van der Waals surface area contributed by atoms with Gasteiger partial charge in [0.2, 0.25) is 0 Å². The summed E-state index contributed by atoms with van der Waals surface area (Å²) in [5, 5.41) is 14.5. The second-order valence-electron chi connectivity index (χ2n) is 5.73. The molecular formula is C16H12F3N7. The maximum Gasteiger partial charge on any atom is 0.416 e. The van der Waals surface area contributed by atoms with Crippen LogP contribution in [0.2, 0.25) is 0 Å². The number of halogens is 3. The Morgan fingerprint density at radius 2 is 2.04 bits per heavy atom. The topological polar surface area (TPSA) is 98.3 Å². The van der Waals surface area contributed by atoms with Gasteiger partial charge in [0.25, 0.3) is 0 Å². The maximum absolute atomic E-state index is 12.9. The van der Waals surface area contributed by atoms with Crippen molar-refractivity contribution in [3.8, 4) is 5.69 Å². The van der Waals surface area contributed by atoms with E-state index in [9.17, 15) is 13.2 Å². The number of aromatic nitrogens is 6. The minimum atomic E-state index is -4.40. The molecule has 0 bridgehead atoms. The Hall–Kier alpha value is -3.43. The first kappa shape index (κ1) is 16.1. The van der Waals surface area contributed by atoms with Crippen molar-refractivity contribution in [2.24, 2.45) is 0 Å². The van der Waals surface area contributed by atoms with E-state index < -0.39 is 11.7 Å². The molecule has 3 heterocycles. The number of fused-ring (bicyclic) bond motifs is 1. The molecule has 7 nitrogen and oxygen atoms in total. The molecule has 0 fully saturated rings. The molecule has 132 valence electrons. The van der Waals surface area contributed by atoms with E-state index >= 15 is 0 Å². The number of anilines is 1. The van der Waals surface area contributed by atoms with Gasteiger partial charge in [-0.15, -0.1) is 5.10 Å². The molecule has 0 radical (unpaired) electrons. The third-order valence-electron chi connectivity index (χ3n) is 3.87. The van der Waals surface area contributed by atoms with E-state index in [4.69, 9.17) is 5.73 Å². The molecule has 4 rings (SSSR count). The molecule has 3 aromatic heterocycles. The normalized spacial score (nSPS) is 12.0. The molecule has 0 aliphatic heterocycles. The molecule has 0 spiro atoms. The van der Waals surface area contributed by atoms with Crippen LogP contribution < -0.4 is 5.73 Å². The fourth-order valence-electron chi connectivity index (χ4n) is 2.70. The summed E-state index contributed by atoms with van der Waals surface area (Å²) in [6.45, 7) is 0. The fraction of sp³-hybridized carbons (Fsp3) is 0.125. The van der Waals surface area contributed by atoms with Gasteiger partial charge in [0.15, 0.2) is 5.65 Å². The van der Waals surface area contributed by atoms with Crippen LogP contribution in [0.1, 0.15) is 16.7 Å². The van der Waals surface area contributed by atoms with Crippen molar-refractivity contribution in [1.82, 2.24) is 30.2 Å². The lowest BCUT2D eigenvalue weighted by atomic mass is 10.1. The van der Waals surface area contributed by atoms with E-state index in [0.29, 0.717) is 29.1 Å². The van der Waals surface area contributed by atoms with E-state index in [1.54, 1.807) is 24.5 Å². The SMILES string of the molecule is Nc1cc(Cc2cnn(-c3cccc(C(F)(F)F)c3)c2)c2nn[nH]c2n1. The molecule has 0 atom stereocenters. The Kier molecular flexibility index (Phi) is 3.60. The van der Waals surface area contributed by atoms with Crippen molar-refractivity contribution < 1.29 is 13.2 Å². The smallest absolute Gasteiger partial charge is 0.384 e. The number of nitrogens with one attached hydrogen (secondary N) is 1. The minimum absolute atomic E-state index is 0.323. The Bertz CT molecular complexity index is 1080. The van der Waals surface area contributed by atoms with Gasteiger partial charge in [-0.05, 0) is 35.4 Å². The molecule has 26 heavy (non-hydrogen) atoms. The second kappa shape index (κ2) is 5.83. The van der Waals surface area contributed by atoms with Gasteiger partial charge in [-0.2, -0.15) is 18.3 Å². The summed E-state index contributed by atoms with van der Waals surface area (Å²) >= 11 is 0. The highest BCUT2D eigenvalue weighted by molar-refractivity contribution is 5.76. The molecule has 0 unspecified atom stereocenters. The van der Waals surface area contributed by atoms with E-state index in [2.05, 4.69) is 25.5 Å². The fourth-order valence-corrected chi connectivity index (χ4v) is 2.70. The molecule has 10 heteroatoms. The zero-order valence-electron chi connectivity index (χ0n) is 13.2. The van der Waals surface area contributed by atoms with E-state index in [1.807, 2.05) is 0 Å². The summed E-state index contributed by atoms with van der Waals surface area (Å²) in [4.78, 5) is 4.09. The summed E-state index contributed by atoms with van der Waals surface area (Å²) < 4.78 is 40.0. The zero-order valence-corrected chi connectivity index (χ0v) is 13.2. The van der Waals surface area contributed by atoms with Crippen molar-refractivity contribution in [3.63, 3.8) is 0 Å². The van der Waals surface area contributed by atoms with Crippen molar-refractivity contribution in [2.45, 2.75) is 12.6 Å². The molecule has 0 amide bonds. The van der Waals surface area contributed by atoms with Crippen molar-refractivity contribution >= 4 is 17.0 Å². The quantitative estimate of drug-likeness (QED) is 0.586. The lowest BCUT2D eigenvalue weighted by Crippen LogP contribution is -2.06. The summed E-state index contributed by atoms with van der Waals surface area (Å²) in [7, 11) is 0. The average molecular weight is 359 g/mol. The largest absolute Gasteiger partial charge is 0.416 e. The van der Waals surface area contributed by atoms with Crippen LogP contribution in [0.5, 0.6) is 0 Å². The molecule has 4 aromatic rings. The van der Waals surface area contributed by atoms with Crippen LogP contribution in [0.4, 0.5) is 19.0 Å². The summed E-state index contributed by atoms with van der Waals surface area (Å²) in [5.74, 6) is 0.323. The first-order valence-corrected chi connectivity index (χ1v) is 7.57. The van der Waals surface area contributed by atoms with Crippen LogP contribution in [-0.4, -0.2) is 30.2 Å². The third-order valence-corrected chi connectivity index (χ3v) is 3.87. The van der Waals surface area contributed by atoms with Crippen molar-refractivity contribution in [1.29, 1.82) is 0 Å².